The monoisotopic (exact) mass is 257 g/mol. The molecule has 0 N–H and O–H groups in total. The van der Waals surface area contributed by atoms with Gasteiger partial charge in [-0.2, -0.15) is 0 Å². The van der Waals surface area contributed by atoms with Crippen LogP contribution in [-0.4, -0.2) is 74.8 Å². The van der Waals surface area contributed by atoms with E-state index in [0.717, 1.165) is 19.4 Å². The average Bonchev–Trinajstić information content (AvgIpc) is 2.28. The third-order valence-electron chi connectivity index (χ3n) is 3.40. The van der Waals surface area contributed by atoms with Gasteiger partial charge in [0.25, 0.3) is 0 Å². The van der Waals surface area contributed by atoms with Crippen LogP contribution in [0, 0.1) is 5.92 Å². The summed E-state index contributed by atoms with van der Waals surface area (Å²) in [6, 6.07) is 0.327. The summed E-state index contributed by atoms with van der Waals surface area (Å²) >= 11 is 0. The number of hydrogen-bond donors (Lipinski definition) is 0. The van der Waals surface area contributed by atoms with Gasteiger partial charge in [-0.05, 0) is 32.9 Å². The summed E-state index contributed by atoms with van der Waals surface area (Å²) < 4.78 is 5.25. The van der Waals surface area contributed by atoms with E-state index in [4.69, 9.17) is 4.74 Å². The molecule has 1 aliphatic heterocycles. The van der Waals surface area contributed by atoms with Crippen molar-refractivity contribution in [2.45, 2.75) is 25.8 Å². The summed E-state index contributed by atoms with van der Waals surface area (Å²) in [4.78, 5) is 18.1. The van der Waals surface area contributed by atoms with Gasteiger partial charge in [-0.1, -0.05) is 6.92 Å². The van der Waals surface area contributed by atoms with E-state index in [0.29, 0.717) is 19.2 Å². The molecule has 1 rings (SSSR count). The lowest BCUT2D eigenvalue weighted by Gasteiger charge is -2.40. The van der Waals surface area contributed by atoms with Crippen molar-refractivity contribution in [3.05, 3.63) is 0 Å². The van der Waals surface area contributed by atoms with Crippen LogP contribution in [0.25, 0.3) is 0 Å². The molecule has 0 aromatic heterocycles. The molecule has 0 aromatic rings. The van der Waals surface area contributed by atoms with Crippen molar-refractivity contribution < 1.29 is 9.53 Å². The second-order valence-corrected chi connectivity index (χ2v) is 5.63. The lowest BCUT2D eigenvalue weighted by atomic mass is 9.93. The number of urea groups is 1. The minimum Gasteiger partial charge on any atom is -0.383 e. The molecule has 1 heterocycles. The van der Waals surface area contributed by atoms with Crippen molar-refractivity contribution in [1.29, 1.82) is 0 Å². The highest BCUT2D eigenvalue weighted by Gasteiger charge is 2.31. The highest BCUT2D eigenvalue weighted by Crippen LogP contribution is 2.23. The highest BCUT2D eigenvalue weighted by atomic mass is 16.5. The van der Waals surface area contributed by atoms with Crippen LogP contribution in [-0.2, 0) is 4.74 Å². The first-order chi connectivity index (χ1) is 8.45. The Bertz CT molecular complexity index is 271. The molecule has 0 saturated carbocycles. The van der Waals surface area contributed by atoms with Crippen LogP contribution < -0.4 is 0 Å². The highest BCUT2D eigenvalue weighted by molar-refractivity contribution is 5.74. The molecule has 106 valence electrons. The first-order valence-electron chi connectivity index (χ1n) is 6.61. The molecule has 18 heavy (non-hydrogen) atoms. The molecule has 0 radical (unpaired) electrons. The molecule has 0 spiro atoms. The maximum atomic E-state index is 12.4. The molecule has 5 nitrogen and oxygen atoms in total. The number of ether oxygens (including phenoxy) is 1. The fourth-order valence-electron chi connectivity index (χ4n) is 2.56. The summed E-state index contributed by atoms with van der Waals surface area (Å²) in [6.45, 7) is 4.36. The zero-order valence-corrected chi connectivity index (χ0v) is 12.3. The Morgan fingerprint density at radius 2 is 2.06 bits per heavy atom. The smallest absolute Gasteiger partial charge is 0.321 e. The number of nitrogens with zero attached hydrogens (tertiary/aromatic N) is 3. The van der Waals surface area contributed by atoms with Crippen LogP contribution in [0.1, 0.15) is 19.8 Å². The van der Waals surface area contributed by atoms with E-state index in [1.807, 2.05) is 30.9 Å². The topological polar surface area (TPSA) is 36.0 Å². The van der Waals surface area contributed by atoms with Gasteiger partial charge in [0.15, 0.2) is 0 Å². The SMILES string of the molecule is COCC1CC(C)CCN1C(=O)N(C)CN(C)C. The van der Waals surface area contributed by atoms with Gasteiger partial charge in [-0.15, -0.1) is 0 Å². The predicted molar refractivity (Wildman–Crippen MR) is 72.5 cm³/mol. The largest absolute Gasteiger partial charge is 0.383 e. The molecule has 2 atom stereocenters. The van der Waals surface area contributed by atoms with Crippen LogP contribution in [0.5, 0.6) is 0 Å². The zero-order chi connectivity index (χ0) is 13.7. The minimum atomic E-state index is 0.109. The second-order valence-electron chi connectivity index (χ2n) is 5.63. The fraction of sp³-hybridized carbons (Fsp3) is 0.923. The Morgan fingerprint density at radius 3 is 2.61 bits per heavy atom. The van der Waals surface area contributed by atoms with E-state index in [9.17, 15) is 4.79 Å². The molecule has 2 unspecified atom stereocenters. The normalized spacial score (nSPS) is 24.4. The molecular formula is C13H27N3O2. The first-order valence-corrected chi connectivity index (χ1v) is 6.61. The van der Waals surface area contributed by atoms with Crippen molar-refractivity contribution >= 4 is 6.03 Å². The Kier molecular flexibility index (Phi) is 5.88. The van der Waals surface area contributed by atoms with Gasteiger partial charge in [0.1, 0.15) is 0 Å². The van der Waals surface area contributed by atoms with Crippen LogP contribution in [0.3, 0.4) is 0 Å². The molecule has 2 amide bonds. The molecule has 1 saturated heterocycles. The number of likely N-dealkylation sites (tertiary alicyclic amines) is 1. The molecule has 1 fully saturated rings. The van der Waals surface area contributed by atoms with E-state index in [2.05, 4.69) is 6.92 Å². The summed E-state index contributed by atoms with van der Waals surface area (Å²) in [6.07, 6.45) is 2.12. The maximum Gasteiger partial charge on any atom is 0.321 e. The first kappa shape index (κ1) is 15.2. The van der Waals surface area contributed by atoms with Crippen molar-refractivity contribution in [2.24, 2.45) is 5.92 Å². The third kappa shape index (κ3) is 4.14. The Hall–Kier alpha value is -0.810. The molecule has 0 aliphatic carbocycles. The zero-order valence-electron chi connectivity index (χ0n) is 12.3. The van der Waals surface area contributed by atoms with Crippen LogP contribution in [0.15, 0.2) is 0 Å². The number of amides is 2. The number of methoxy groups -OCH3 is 1. The van der Waals surface area contributed by atoms with Gasteiger partial charge in [0.2, 0.25) is 0 Å². The van der Waals surface area contributed by atoms with Crippen molar-refractivity contribution in [1.82, 2.24) is 14.7 Å². The number of carbonyl (C=O) groups excluding carboxylic acids is 1. The van der Waals surface area contributed by atoms with E-state index >= 15 is 0 Å². The van der Waals surface area contributed by atoms with Crippen molar-refractivity contribution in [3.8, 4) is 0 Å². The Balaban J connectivity index is 2.63. The quantitative estimate of drug-likeness (QED) is 0.712. The minimum absolute atomic E-state index is 0.109. The van der Waals surface area contributed by atoms with E-state index < -0.39 is 0 Å². The summed E-state index contributed by atoms with van der Waals surface area (Å²) in [7, 11) is 7.49. The third-order valence-corrected chi connectivity index (χ3v) is 3.40. The fourth-order valence-corrected chi connectivity index (χ4v) is 2.56. The van der Waals surface area contributed by atoms with Gasteiger partial charge in [0, 0.05) is 20.7 Å². The molecule has 1 aliphatic rings. The summed E-state index contributed by atoms with van der Waals surface area (Å²) in [5, 5.41) is 0. The number of piperidine rings is 1. The van der Waals surface area contributed by atoms with E-state index in [1.165, 1.54) is 0 Å². The Morgan fingerprint density at radius 1 is 1.39 bits per heavy atom. The molecular weight excluding hydrogens is 230 g/mol. The van der Waals surface area contributed by atoms with Gasteiger partial charge < -0.3 is 14.5 Å². The van der Waals surface area contributed by atoms with Crippen molar-refractivity contribution in [2.75, 3.05) is 48.1 Å². The van der Waals surface area contributed by atoms with Gasteiger partial charge >= 0.3 is 6.03 Å². The number of hydrogen-bond acceptors (Lipinski definition) is 3. The predicted octanol–water partition coefficient (Wildman–Crippen LogP) is 1.30. The average molecular weight is 257 g/mol. The van der Waals surface area contributed by atoms with Gasteiger partial charge in [0.05, 0.1) is 19.3 Å². The molecule has 5 heteroatoms. The second kappa shape index (κ2) is 6.95. The van der Waals surface area contributed by atoms with Crippen molar-refractivity contribution in [3.63, 3.8) is 0 Å². The molecule has 0 aromatic carbocycles. The number of carbonyl (C=O) groups is 1. The van der Waals surface area contributed by atoms with E-state index in [1.54, 1.807) is 12.0 Å². The van der Waals surface area contributed by atoms with Crippen LogP contribution in [0.4, 0.5) is 4.79 Å². The van der Waals surface area contributed by atoms with Gasteiger partial charge in [-0.25, -0.2) is 4.79 Å². The maximum absolute atomic E-state index is 12.4. The van der Waals surface area contributed by atoms with Crippen LogP contribution >= 0.6 is 0 Å². The summed E-state index contributed by atoms with van der Waals surface area (Å²) in [5.74, 6) is 0.674. The van der Waals surface area contributed by atoms with E-state index in [-0.39, 0.29) is 12.1 Å². The standard InChI is InChI=1S/C13H27N3O2/c1-11-6-7-16(12(8-11)9-18-5)13(17)15(4)10-14(2)3/h11-12H,6-10H2,1-5H3. The Labute approximate surface area is 111 Å². The lowest BCUT2D eigenvalue weighted by Crippen LogP contribution is -2.53. The lowest BCUT2D eigenvalue weighted by molar-refractivity contribution is 0.0521. The van der Waals surface area contributed by atoms with Gasteiger partial charge in [-0.3, -0.25) is 4.90 Å². The number of rotatable bonds is 4. The summed E-state index contributed by atoms with van der Waals surface area (Å²) in [5.41, 5.74) is 0. The van der Waals surface area contributed by atoms with Crippen LogP contribution in [0.2, 0.25) is 0 Å². The molecule has 0 bridgehead atoms.